The molecule has 3 N–H and O–H groups in total. The first-order valence-electron chi connectivity index (χ1n) is 7.08. The number of amides is 1. The largest absolute Gasteiger partial charge is 0.298 e. The second kappa shape index (κ2) is 6.67. The molecule has 5 nitrogen and oxygen atoms in total. The van der Waals surface area contributed by atoms with E-state index in [1.165, 1.54) is 21.8 Å². The van der Waals surface area contributed by atoms with Crippen molar-refractivity contribution in [2.45, 2.75) is 33.4 Å². The van der Waals surface area contributed by atoms with Crippen molar-refractivity contribution in [1.82, 2.24) is 15.2 Å². The van der Waals surface area contributed by atoms with Gasteiger partial charge in [-0.3, -0.25) is 20.0 Å². The predicted octanol–water partition coefficient (Wildman–Crippen LogP) is 1.19. The van der Waals surface area contributed by atoms with E-state index in [0.717, 1.165) is 32.7 Å². The molecule has 0 aromatic carbocycles. The van der Waals surface area contributed by atoms with Crippen LogP contribution in [0.3, 0.4) is 0 Å². The van der Waals surface area contributed by atoms with E-state index in [0.29, 0.717) is 10.9 Å². The molecule has 1 aliphatic heterocycles. The Morgan fingerprint density at radius 2 is 2.05 bits per heavy atom. The summed E-state index contributed by atoms with van der Waals surface area (Å²) in [4.78, 5) is 18.4. The number of nitrogens with two attached hydrogens (primary N) is 1. The molecule has 1 aliphatic rings. The van der Waals surface area contributed by atoms with Crippen molar-refractivity contribution >= 4 is 17.2 Å². The molecule has 1 amide bonds. The molecule has 0 bridgehead atoms. The fourth-order valence-corrected chi connectivity index (χ4v) is 3.48. The minimum atomic E-state index is -0.200. The van der Waals surface area contributed by atoms with Crippen LogP contribution >= 0.6 is 11.3 Å². The molecule has 20 heavy (non-hydrogen) atoms. The van der Waals surface area contributed by atoms with Gasteiger partial charge in [-0.05, 0) is 32.4 Å². The number of rotatable bonds is 4. The lowest BCUT2D eigenvalue weighted by Crippen LogP contribution is -2.48. The Hall–Kier alpha value is -0.950. The van der Waals surface area contributed by atoms with Gasteiger partial charge in [-0.2, -0.15) is 0 Å². The van der Waals surface area contributed by atoms with Crippen LogP contribution < -0.4 is 11.3 Å². The minimum absolute atomic E-state index is 0.200. The van der Waals surface area contributed by atoms with Gasteiger partial charge in [-0.1, -0.05) is 0 Å². The first kappa shape index (κ1) is 15.4. The highest BCUT2D eigenvalue weighted by molar-refractivity contribution is 7.14. The maximum absolute atomic E-state index is 11.5. The van der Waals surface area contributed by atoms with Crippen molar-refractivity contribution < 1.29 is 4.79 Å². The van der Waals surface area contributed by atoms with E-state index in [4.69, 9.17) is 5.84 Å². The van der Waals surface area contributed by atoms with Crippen LogP contribution in [-0.4, -0.2) is 47.9 Å². The van der Waals surface area contributed by atoms with E-state index >= 15 is 0 Å². The SMILES string of the molecule is Cc1sc(C(=O)NN)cc1CN1CCN(C(C)C)CC1. The van der Waals surface area contributed by atoms with E-state index in [9.17, 15) is 4.79 Å². The molecule has 1 fully saturated rings. The van der Waals surface area contributed by atoms with Gasteiger partial charge in [0.05, 0.1) is 4.88 Å². The number of thiophene rings is 1. The van der Waals surface area contributed by atoms with Gasteiger partial charge in [0, 0.05) is 43.6 Å². The molecule has 1 saturated heterocycles. The Labute approximate surface area is 124 Å². The van der Waals surface area contributed by atoms with Crippen LogP contribution in [0.1, 0.15) is 34.0 Å². The Morgan fingerprint density at radius 3 is 2.60 bits per heavy atom. The summed E-state index contributed by atoms with van der Waals surface area (Å²) in [7, 11) is 0. The lowest BCUT2D eigenvalue weighted by molar-refractivity contribution is 0.0956. The molecule has 0 unspecified atom stereocenters. The zero-order valence-electron chi connectivity index (χ0n) is 12.5. The molecular weight excluding hydrogens is 272 g/mol. The predicted molar refractivity (Wildman–Crippen MR) is 82.7 cm³/mol. The fourth-order valence-electron chi connectivity index (χ4n) is 2.54. The zero-order valence-corrected chi connectivity index (χ0v) is 13.3. The highest BCUT2D eigenvalue weighted by Crippen LogP contribution is 2.23. The van der Waals surface area contributed by atoms with Gasteiger partial charge in [0.2, 0.25) is 0 Å². The standard InChI is InChI=1S/C14H24N4OS/c1-10(2)18-6-4-17(5-7-18)9-12-8-13(14(19)16-15)20-11(12)3/h8,10H,4-7,9,15H2,1-3H3,(H,16,19). The summed E-state index contributed by atoms with van der Waals surface area (Å²) in [6.07, 6.45) is 0. The first-order valence-corrected chi connectivity index (χ1v) is 7.89. The topological polar surface area (TPSA) is 61.6 Å². The number of aryl methyl sites for hydroxylation is 1. The van der Waals surface area contributed by atoms with E-state index in [1.807, 2.05) is 6.07 Å². The van der Waals surface area contributed by atoms with E-state index in [-0.39, 0.29) is 5.91 Å². The van der Waals surface area contributed by atoms with Crippen LogP contribution in [0.15, 0.2) is 6.07 Å². The van der Waals surface area contributed by atoms with Gasteiger partial charge in [0.15, 0.2) is 0 Å². The van der Waals surface area contributed by atoms with Crippen LogP contribution in [0.5, 0.6) is 0 Å². The molecular formula is C14H24N4OS. The Kier molecular flexibility index (Phi) is 5.15. The average Bonchev–Trinajstić information content (AvgIpc) is 2.80. The summed E-state index contributed by atoms with van der Waals surface area (Å²) in [6, 6.07) is 2.59. The number of hydrazine groups is 1. The lowest BCUT2D eigenvalue weighted by atomic mass is 10.2. The number of carbonyl (C=O) groups is 1. The summed E-state index contributed by atoms with van der Waals surface area (Å²) >= 11 is 1.51. The summed E-state index contributed by atoms with van der Waals surface area (Å²) in [5.41, 5.74) is 3.44. The molecule has 6 heteroatoms. The lowest BCUT2D eigenvalue weighted by Gasteiger charge is -2.36. The highest BCUT2D eigenvalue weighted by atomic mass is 32.1. The van der Waals surface area contributed by atoms with Gasteiger partial charge in [0.25, 0.3) is 5.91 Å². The molecule has 0 aliphatic carbocycles. The van der Waals surface area contributed by atoms with Gasteiger partial charge in [0.1, 0.15) is 0 Å². The third-order valence-corrected chi connectivity index (χ3v) is 5.00. The normalized spacial score (nSPS) is 17.6. The van der Waals surface area contributed by atoms with Gasteiger partial charge in [-0.15, -0.1) is 11.3 Å². The van der Waals surface area contributed by atoms with Crippen LogP contribution in [-0.2, 0) is 6.54 Å². The van der Waals surface area contributed by atoms with Crippen LogP contribution in [0.25, 0.3) is 0 Å². The van der Waals surface area contributed by atoms with Crippen molar-refractivity contribution in [3.63, 3.8) is 0 Å². The number of nitrogens with zero attached hydrogens (tertiary/aromatic N) is 2. The zero-order chi connectivity index (χ0) is 14.7. The van der Waals surface area contributed by atoms with Crippen molar-refractivity contribution in [2.75, 3.05) is 26.2 Å². The molecule has 2 heterocycles. The van der Waals surface area contributed by atoms with Crippen LogP contribution in [0.2, 0.25) is 0 Å². The maximum atomic E-state index is 11.5. The molecule has 2 rings (SSSR count). The number of hydrogen-bond donors (Lipinski definition) is 2. The number of nitrogen functional groups attached to an aromatic ring is 1. The molecule has 1 aromatic rings. The van der Waals surface area contributed by atoms with Gasteiger partial charge in [-0.25, -0.2) is 5.84 Å². The Bertz CT molecular complexity index is 464. The quantitative estimate of drug-likeness (QED) is 0.498. The van der Waals surface area contributed by atoms with Gasteiger partial charge >= 0.3 is 0 Å². The third-order valence-electron chi connectivity index (χ3n) is 3.91. The molecule has 1 aromatic heterocycles. The van der Waals surface area contributed by atoms with E-state index in [2.05, 4.69) is 36.0 Å². The molecule has 112 valence electrons. The van der Waals surface area contributed by atoms with Crippen LogP contribution in [0.4, 0.5) is 0 Å². The highest BCUT2D eigenvalue weighted by Gasteiger charge is 2.20. The van der Waals surface area contributed by atoms with E-state index < -0.39 is 0 Å². The second-order valence-electron chi connectivity index (χ2n) is 5.57. The first-order chi connectivity index (χ1) is 9.51. The summed E-state index contributed by atoms with van der Waals surface area (Å²) in [6.45, 7) is 11.9. The van der Waals surface area contributed by atoms with E-state index in [1.54, 1.807) is 0 Å². The number of carbonyl (C=O) groups excluding carboxylic acids is 1. The number of nitrogens with one attached hydrogen (secondary N) is 1. The molecule has 0 saturated carbocycles. The maximum Gasteiger partial charge on any atom is 0.275 e. The summed E-state index contributed by atoms with van der Waals surface area (Å²) in [5, 5.41) is 0. The molecule has 0 spiro atoms. The minimum Gasteiger partial charge on any atom is -0.298 e. The van der Waals surface area contributed by atoms with Crippen molar-refractivity contribution in [3.05, 3.63) is 21.4 Å². The fraction of sp³-hybridized carbons (Fsp3) is 0.643. The Morgan fingerprint density at radius 1 is 1.40 bits per heavy atom. The monoisotopic (exact) mass is 296 g/mol. The molecule has 0 radical (unpaired) electrons. The molecule has 0 atom stereocenters. The third kappa shape index (κ3) is 3.58. The second-order valence-corrected chi connectivity index (χ2v) is 6.83. The smallest absolute Gasteiger partial charge is 0.275 e. The Balaban J connectivity index is 1.94. The van der Waals surface area contributed by atoms with Gasteiger partial charge < -0.3 is 0 Å². The van der Waals surface area contributed by atoms with Crippen molar-refractivity contribution in [3.8, 4) is 0 Å². The van der Waals surface area contributed by atoms with Crippen molar-refractivity contribution in [2.24, 2.45) is 5.84 Å². The van der Waals surface area contributed by atoms with Crippen LogP contribution in [0, 0.1) is 6.92 Å². The van der Waals surface area contributed by atoms with Crippen molar-refractivity contribution in [1.29, 1.82) is 0 Å². The number of hydrogen-bond acceptors (Lipinski definition) is 5. The average molecular weight is 296 g/mol. The summed E-state index contributed by atoms with van der Waals surface area (Å²) < 4.78 is 0. The number of piperazine rings is 1. The summed E-state index contributed by atoms with van der Waals surface area (Å²) in [5.74, 6) is 4.98.